The van der Waals surface area contributed by atoms with E-state index in [1.54, 1.807) is 30.3 Å². The molecule has 0 bridgehead atoms. The van der Waals surface area contributed by atoms with E-state index in [1.807, 2.05) is 0 Å². The van der Waals surface area contributed by atoms with Crippen LogP contribution in [0.4, 0.5) is 0 Å². The summed E-state index contributed by atoms with van der Waals surface area (Å²) < 4.78 is 18.3. The Bertz CT molecular complexity index is 1530. The summed E-state index contributed by atoms with van der Waals surface area (Å²) in [4.78, 5) is 11.4. The Morgan fingerprint density at radius 2 is 1.89 bits per heavy atom. The minimum Gasteiger partial charge on any atom is -0.616 e. The lowest BCUT2D eigenvalue weighted by atomic mass is 10.0. The van der Waals surface area contributed by atoms with Crippen LogP contribution in [-0.4, -0.2) is 16.2 Å². The van der Waals surface area contributed by atoms with Gasteiger partial charge in [0.15, 0.2) is 5.75 Å². The molecule has 0 unspecified atom stereocenters. The lowest BCUT2D eigenvalue weighted by Crippen LogP contribution is -2.34. The summed E-state index contributed by atoms with van der Waals surface area (Å²) in [6, 6.07) is 13.1. The summed E-state index contributed by atoms with van der Waals surface area (Å²) in [5.41, 5.74) is 3.10. The third-order valence-corrected chi connectivity index (χ3v) is 7.23. The molecule has 10 heteroatoms. The molecule has 2 aromatic heterocycles. The number of fused-ring (bicyclic) bond motifs is 2. The van der Waals surface area contributed by atoms with E-state index in [1.165, 1.54) is 18.2 Å². The number of rotatable bonds is 6. The fraction of sp³-hybridized carbons (Fsp3) is 0.222. The molecule has 8 nitrogen and oxygen atoms in total. The van der Waals surface area contributed by atoms with Crippen LogP contribution in [-0.2, 0) is 19.4 Å². The maximum absolute atomic E-state index is 13.3. The van der Waals surface area contributed by atoms with Gasteiger partial charge >= 0.3 is 11.8 Å². The number of ether oxygens (including phenoxy) is 2. The maximum Gasteiger partial charge on any atom is 0.380 e. The molecule has 1 saturated carbocycles. The second-order valence-electron chi connectivity index (χ2n) is 9.04. The Morgan fingerprint density at radius 1 is 1.11 bits per heavy atom. The molecule has 0 amide bonds. The summed E-state index contributed by atoms with van der Waals surface area (Å²) in [6.07, 6.45) is 2.89. The zero-order valence-corrected chi connectivity index (χ0v) is 20.9. The van der Waals surface area contributed by atoms with Gasteiger partial charge in [-0.05, 0) is 55.2 Å². The van der Waals surface area contributed by atoms with Crippen molar-refractivity contribution in [2.24, 2.45) is 0 Å². The number of carboxylic acids is 1. The van der Waals surface area contributed by atoms with Crippen molar-refractivity contribution in [3.63, 3.8) is 0 Å². The lowest BCUT2D eigenvalue weighted by Gasteiger charge is -2.13. The number of pyridine rings is 1. The number of nitrogens with zero attached hydrogens (tertiary/aromatic N) is 2. The summed E-state index contributed by atoms with van der Waals surface area (Å²) >= 11 is 12.9. The van der Waals surface area contributed by atoms with Gasteiger partial charge in [0, 0.05) is 17.9 Å². The first kappa shape index (κ1) is 23.6. The third kappa shape index (κ3) is 4.36. The average molecular weight is 539 g/mol. The van der Waals surface area contributed by atoms with Crippen LogP contribution in [0, 0.1) is 5.21 Å². The van der Waals surface area contributed by atoms with E-state index in [0.717, 1.165) is 18.4 Å². The SMILES string of the molecule is O=C(O)c1ccc2c(c1)Oc1ccc(OCc3c(-c4c(Cl)cccc4Cl)noc3C3CC3)[n+]([O-])c1CC2. The Hall–Kier alpha value is -3.75. The molecule has 1 N–H and O–H groups in total. The van der Waals surface area contributed by atoms with E-state index in [2.05, 4.69) is 5.16 Å². The zero-order chi connectivity index (χ0) is 25.7. The third-order valence-electron chi connectivity index (χ3n) is 6.60. The quantitative estimate of drug-likeness (QED) is 0.225. The summed E-state index contributed by atoms with van der Waals surface area (Å²) in [5.74, 6) is 0.790. The molecule has 2 aliphatic rings. The number of aromatic carboxylic acids is 1. The molecule has 0 saturated heterocycles. The van der Waals surface area contributed by atoms with Gasteiger partial charge in [-0.25, -0.2) is 4.79 Å². The molecule has 188 valence electrons. The van der Waals surface area contributed by atoms with Crippen LogP contribution in [0.25, 0.3) is 11.3 Å². The van der Waals surface area contributed by atoms with E-state index in [4.69, 9.17) is 37.2 Å². The topological polar surface area (TPSA) is 109 Å². The highest BCUT2D eigenvalue weighted by molar-refractivity contribution is 6.39. The van der Waals surface area contributed by atoms with Gasteiger partial charge in [-0.1, -0.05) is 40.5 Å². The van der Waals surface area contributed by atoms with Crippen LogP contribution in [0.15, 0.2) is 53.1 Å². The van der Waals surface area contributed by atoms with Crippen LogP contribution in [0.2, 0.25) is 10.0 Å². The normalized spacial score (nSPS) is 14.3. The van der Waals surface area contributed by atoms with Gasteiger partial charge in [0.1, 0.15) is 23.8 Å². The lowest BCUT2D eigenvalue weighted by molar-refractivity contribution is -0.621. The van der Waals surface area contributed by atoms with Gasteiger partial charge in [0.05, 0.1) is 27.2 Å². The van der Waals surface area contributed by atoms with Crippen molar-refractivity contribution in [3.05, 3.63) is 91.9 Å². The number of aromatic nitrogens is 2. The van der Waals surface area contributed by atoms with Crippen molar-refractivity contribution in [1.29, 1.82) is 0 Å². The number of benzene rings is 2. The van der Waals surface area contributed by atoms with E-state index in [9.17, 15) is 15.1 Å². The van der Waals surface area contributed by atoms with Crippen molar-refractivity contribution >= 4 is 29.2 Å². The van der Waals surface area contributed by atoms with Crippen molar-refractivity contribution < 1.29 is 28.6 Å². The Morgan fingerprint density at radius 3 is 2.62 bits per heavy atom. The van der Waals surface area contributed by atoms with E-state index >= 15 is 0 Å². The number of carbonyl (C=O) groups is 1. The highest BCUT2D eigenvalue weighted by Gasteiger charge is 2.34. The van der Waals surface area contributed by atoms with Crippen LogP contribution < -0.4 is 14.2 Å². The van der Waals surface area contributed by atoms with Gasteiger partial charge < -0.3 is 24.3 Å². The second-order valence-corrected chi connectivity index (χ2v) is 9.85. The molecule has 6 rings (SSSR count). The zero-order valence-electron chi connectivity index (χ0n) is 19.4. The standard InChI is InChI=1S/C27H20Cl2N2O6/c28-18-2-1-3-19(29)24(18)25-17(26(37-30-25)15-5-6-15)13-35-23-11-10-21-20(31(23)34)9-8-14-4-7-16(27(32)33)12-22(14)36-21/h1-4,7,10-12,15H,5-6,8-9,13H2,(H,32,33). The minimum absolute atomic E-state index is 0.0380. The van der Waals surface area contributed by atoms with Crippen molar-refractivity contribution in [1.82, 2.24) is 5.16 Å². The molecule has 0 atom stereocenters. The van der Waals surface area contributed by atoms with Gasteiger partial charge in [0.25, 0.3) is 0 Å². The average Bonchev–Trinajstić information content (AvgIpc) is 3.66. The first-order valence-electron chi connectivity index (χ1n) is 11.8. The molecule has 1 fully saturated rings. The highest BCUT2D eigenvalue weighted by atomic mass is 35.5. The summed E-state index contributed by atoms with van der Waals surface area (Å²) in [7, 11) is 0. The van der Waals surface area contributed by atoms with Gasteiger partial charge in [0.2, 0.25) is 5.69 Å². The minimum atomic E-state index is -1.05. The van der Waals surface area contributed by atoms with Crippen LogP contribution >= 0.6 is 23.2 Å². The van der Waals surface area contributed by atoms with Crippen molar-refractivity contribution in [2.75, 3.05) is 0 Å². The largest absolute Gasteiger partial charge is 0.616 e. The summed E-state index contributed by atoms with van der Waals surface area (Å²) in [5, 5.41) is 27.7. The van der Waals surface area contributed by atoms with Gasteiger partial charge in [-0.3, -0.25) is 0 Å². The van der Waals surface area contributed by atoms with Crippen LogP contribution in [0.3, 0.4) is 0 Å². The monoisotopic (exact) mass is 538 g/mol. The fourth-order valence-electron chi connectivity index (χ4n) is 4.52. The maximum atomic E-state index is 13.3. The number of carboxylic acid groups (broad SMARTS) is 1. The molecule has 0 spiro atoms. The van der Waals surface area contributed by atoms with E-state index < -0.39 is 5.97 Å². The molecule has 1 aliphatic carbocycles. The smallest absolute Gasteiger partial charge is 0.380 e. The molecule has 1 aliphatic heterocycles. The van der Waals surface area contributed by atoms with Gasteiger partial charge in [-0.15, -0.1) is 4.73 Å². The fourth-order valence-corrected chi connectivity index (χ4v) is 5.10. The highest BCUT2D eigenvalue weighted by Crippen LogP contribution is 2.46. The predicted molar refractivity (Wildman–Crippen MR) is 135 cm³/mol. The summed E-state index contributed by atoms with van der Waals surface area (Å²) in [6.45, 7) is 0.0380. The van der Waals surface area contributed by atoms with Crippen molar-refractivity contribution in [2.45, 2.75) is 38.2 Å². The Balaban J connectivity index is 1.30. The molecule has 4 aromatic rings. The molecular formula is C27H20Cl2N2O6. The molecule has 2 aromatic carbocycles. The Labute approximate surface area is 221 Å². The number of hydrogen-bond donors (Lipinski definition) is 1. The van der Waals surface area contributed by atoms with Gasteiger partial charge in [-0.2, -0.15) is 0 Å². The second kappa shape index (κ2) is 9.28. The van der Waals surface area contributed by atoms with Crippen LogP contribution in [0.1, 0.15) is 51.7 Å². The van der Waals surface area contributed by atoms with E-state index in [-0.39, 0.29) is 24.0 Å². The molecule has 37 heavy (non-hydrogen) atoms. The van der Waals surface area contributed by atoms with E-state index in [0.29, 0.717) is 67.4 Å². The molecule has 3 heterocycles. The molecule has 0 radical (unpaired) electrons. The number of aryl methyl sites for hydroxylation is 1. The first-order chi connectivity index (χ1) is 17.9. The van der Waals surface area contributed by atoms with Crippen LogP contribution in [0.5, 0.6) is 17.4 Å². The number of halogens is 2. The van der Waals surface area contributed by atoms with Crippen molar-refractivity contribution in [3.8, 4) is 28.6 Å². The molecular weight excluding hydrogens is 519 g/mol. The Kier molecular flexibility index (Phi) is 5.93. The predicted octanol–water partition coefficient (Wildman–Crippen LogP) is 6.33. The number of hydrogen-bond acceptors (Lipinski definition) is 6. The first-order valence-corrected chi connectivity index (χ1v) is 12.5.